The van der Waals surface area contributed by atoms with E-state index in [0.717, 1.165) is 16.8 Å². The predicted molar refractivity (Wildman–Crippen MR) is 83.2 cm³/mol. The number of carbonyl (C=O) groups excluding carboxylic acids is 1. The smallest absolute Gasteiger partial charge is 0.226 e. The standard InChI is InChI=1S/C16H20N4O2/c1-16(2,3)14-13-10(7-11(21)18-15(13)20-19-14)9-5-6-12(22-4)17-8-9/h5-6,8,10H,7H2,1-4H3,(H2,18,19,20,21)/t10-/m0/s1. The third-order valence-electron chi connectivity index (χ3n) is 3.92. The summed E-state index contributed by atoms with van der Waals surface area (Å²) in [7, 11) is 1.59. The molecule has 2 aromatic heterocycles. The monoisotopic (exact) mass is 300 g/mol. The van der Waals surface area contributed by atoms with Gasteiger partial charge in [-0.2, -0.15) is 5.10 Å². The van der Waals surface area contributed by atoms with Gasteiger partial charge in [-0.3, -0.25) is 9.89 Å². The first-order valence-corrected chi connectivity index (χ1v) is 7.28. The fourth-order valence-electron chi connectivity index (χ4n) is 2.83. The van der Waals surface area contributed by atoms with E-state index < -0.39 is 0 Å². The van der Waals surface area contributed by atoms with Gasteiger partial charge in [0.05, 0.1) is 7.11 Å². The van der Waals surface area contributed by atoms with Crippen LogP contribution in [-0.2, 0) is 10.2 Å². The number of hydrogen-bond acceptors (Lipinski definition) is 4. The number of nitrogens with one attached hydrogen (secondary N) is 2. The van der Waals surface area contributed by atoms with E-state index in [4.69, 9.17) is 4.74 Å². The maximum Gasteiger partial charge on any atom is 0.226 e. The molecule has 0 bridgehead atoms. The number of methoxy groups -OCH3 is 1. The molecule has 1 aliphatic rings. The minimum atomic E-state index is -0.0825. The Kier molecular flexibility index (Phi) is 3.39. The zero-order chi connectivity index (χ0) is 15.9. The summed E-state index contributed by atoms with van der Waals surface area (Å²) in [5.74, 6) is 1.12. The maximum atomic E-state index is 12.0. The van der Waals surface area contributed by atoms with E-state index in [1.54, 1.807) is 13.3 Å². The van der Waals surface area contributed by atoms with Crippen molar-refractivity contribution in [1.82, 2.24) is 15.2 Å². The fraction of sp³-hybridized carbons (Fsp3) is 0.438. The van der Waals surface area contributed by atoms with Gasteiger partial charge in [0.1, 0.15) is 0 Å². The molecule has 3 rings (SSSR count). The molecule has 116 valence electrons. The summed E-state index contributed by atoms with van der Waals surface area (Å²) < 4.78 is 5.10. The summed E-state index contributed by atoms with van der Waals surface area (Å²) in [5, 5.41) is 10.2. The lowest BCUT2D eigenvalue weighted by atomic mass is 9.80. The number of aromatic amines is 1. The molecule has 3 heterocycles. The van der Waals surface area contributed by atoms with Crippen LogP contribution >= 0.6 is 0 Å². The van der Waals surface area contributed by atoms with Gasteiger partial charge in [0.15, 0.2) is 5.82 Å². The lowest BCUT2D eigenvalue weighted by Crippen LogP contribution is -2.25. The highest BCUT2D eigenvalue weighted by Crippen LogP contribution is 2.41. The van der Waals surface area contributed by atoms with Crippen molar-refractivity contribution < 1.29 is 9.53 Å². The van der Waals surface area contributed by atoms with E-state index in [-0.39, 0.29) is 17.2 Å². The summed E-state index contributed by atoms with van der Waals surface area (Å²) in [6, 6.07) is 3.77. The van der Waals surface area contributed by atoms with Crippen LogP contribution < -0.4 is 10.1 Å². The minimum Gasteiger partial charge on any atom is -0.481 e. The third-order valence-corrected chi connectivity index (χ3v) is 3.92. The first kappa shape index (κ1) is 14.6. The second-order valence-corrected chi connectivity index (χ2v) is 6.55. The fourth-order valence-corrected chi connectivity index (χ4v) is 2.83. The van der Waals surface area contributed by atoms with Gasteiger partial charge in [0.25, 0.3) is 0 Å². The molecule has 1 aliphatic heterocycles. The molecule has 0 unspecified atom stereocenters. The molecule has 0 spiro atoms. The quantitative estimate of drug-likeness (QED) is 0.893. The zero-order valence-electron chi connectivity index (χ0n) is 13.2. The topological polar surface area (TPSA) is 79.9 Å². The van der Waals surface area contributed by atoms with Crippen molar-refractivity contribution in [2.75, 3.05) is 12.4 Å². The SMILES string of the molecule is COc1ccc([C@@H]2CC(=O)Nc3n[nH]c(C(C)(C)C)c32)cn1. The summed E-state index contributed by atoms with van der Waals surface area (Å²) >= 11 is 0. The molecule has 6 nitrogen and oxygen atoms in total. The highest BCUT2D eigenvalue weighted by Gasteiger charge is 2.35. The second-order valence-electron chi connectivity index (χ2n) is 6.55. The number of pyridine rings is 1. The minimum absolute atomic E-state index is 0.0275. The van der Waals surface area contributed by atoms with E-state index in [2.05, 4.69) is 41.3 Å². The number of aromatic nitrogens is 3. The Morgan fingerprint density at radius 3 is 2.68 bits per heavy atom. The highest BCUT2D eigenvalue weighted by molar-refractivity contribution is 5.94. The summed E-state index contributed by atoms with van der Waals surface area (Å²) in [4.78, 5) is 16.2. The molecule has 2 N–H and O–H groups in total. The molecule has 0 saturated heterocycles. The second kappa shape index (κ2) is 5.12. The zero-order valence-corrected chi connectivity index (χ0v) is 13.2. The average molecular weight is 300 g/mol. The molecule has 1 amide bonds. The first-order valence-electron chi connectivity index (χ1n) is 7.28. The number of H-pyrrole nitrogens is 1. The Morgan fingerprint density at radius 2 is 2.09 bits per heavy atom. The van der Waals surface area contributed by atoms with Crippen molar-refractivity contribution in [3.63, 3.8) is 0 Å². The number of fused-ring (bicyclic) bond motifs is 1. The molecule has 6 heteroatoms. The van der Waals surface area contributed by atoms with Crippen LogP contribution in [0.2, 0.25) is 0 Å². The molecule has 0 aromatic carbocycles. The largest absolute Gasteiger partial charge is 0.481 e. The predicted octanol–water partition coefficient (Wildman–Crippen LogP) is 2.58. The van der Waals surface area contributed by atoms with Crippen LogP contribution in [0.3, 0.4) is 0 Å². The lowest BCUT2D eigenvalue weighted by Gasteiger charge is -2.27. The Bertz CT molecular complexity index is 698. The van der Waals surface area contributed by atoms with E-state index >= 15 is 0 Å². The third kappa shape index (κ3) is 2.45. The van der Waals surface area contributed by atoms with Gasteiger partial charge in [-0.1, -0.05) is 26.8 Å². The van der Waals surface area contributed by atoms with Crippen molar-refractivity contribution in [1.29, 1.82) is 0 Å². The highest BCUT2D eigenvalue weighted by atomic mass is 16.5. The van der Waals surface area contributed by atoms with Crippen LogP contribution in [0.4, 0.5) is 5.82 Å². The van der Waals surface area contributed by atoms with E-state index in [1.165, 1.54) is 0 Å². The number of hydrogen-bond donors (Lipinski definition) is 2. The number of nitrogens with zero attached hydrogens (tertiary/aromatic N) is 2. The Hall–Kier alpha value is -2.37. The van der Waals surface area contributed by atoms with Crippen molar-refractivity contribution in [3.8, 4) is 5.88 Å². The molecule has 0 radical (unpaired) electrons. The van der Waals surface area contributed by atoms with Crippen LogP contribution in [0, 0.1) is 0 Å². The van der Waals surface area contributed by atoms with Gasteiger partial charge < -0.3 is 10.1 Å². The van der Waals surface area contributed by atoms with Gasteiger partial charge in [-0.05, 0) is 5.56 Å². The lowest BCUT2D eigenvalue weighted by molar-refractivity contribution is -0.116. The van der Waals surface area contributed by atoms with Crippen LogP contribution in [0.15, 0.2) is 18.3 Å². The van der Waals surface area contributed by atoms with Crippen molar-refractivity contribution in [3.05, 3.63) is 35.2 Å². The first-order chi connectivity index (χ1) is 10.4. The van der Waals surface area contributed by atoms with Crippen molar-refractivity contribution in [2.24, 2.45) is 0 Å². The summed E-state index contributed by atoms with van der Waals surface area (Å²) in [6.45, 7) is 6.38. The molecule has 1 atom stereocenters. The summed E-state index contributed by atoms with van der Waals surface area (Å²) in [6.07, 6.45) is 2.16. The average Bonchev–Trinajstić information content (AvgIpc) is 2.90. The number of ether oxygens (including phenoxy) is 1. The normalized spacial score (nSPS) is 17.8. The van der Waals surface area contributed by atoms with Crippen molar-refractivity contribution in [2.45, 2.75) is 38.5 Å². The molecule has 0 aliphatic carbocycles. The van der Waals surface area contributed by atoms with E-state index in [1.807, 2.05) is 12.1 Å². The van der Waals surface area contributed by atoms with Gasteiger partial charge in [-0.25, -0.2) is 4.98 Å². The number of carbonyl (C=O) groups is 1. The van der Waals surface area contributed by atoms with Gasteiger partial charge in [0, 0.05) is 41.3 Å². The number of anilines is 1. The maximum absolute atomic E-state index is 12.0. The number of amides is 1. The van der Waals surface area contributed by atoms with Gasteiger partial charge in [0.2, 0.25) is 11.8 Å². The van der Waals surface area contributed by atoms with Crippen LogP contribution in [-0.4, -0.2) is 28.2 Å². The molecule has 0 fully saturated rings. The van der Waals surface area contributed by atoms with Gasteiger partial charge >= 0.3 is 0 Å². The Labute approximate surface area is 129 Å². The molecule has 0 saturated carbocycles. The van der Waals surface area contributed by atoms with E-state index in [9.17, 15) is 4.79 Å². The van der Waals surface area contributed by atoms with Gasteiger partial charge in [-0.15, -0.1) is 0 Å². The van der Waals surface area contributed by atoms with E-state index in [0.29, 0.717) is 18.1 Å². The van der Waals surface area contributed by atoms with Crippen LogP contribution in [0.5, 0.6) is 5.88 Å². The Balaban J connectivity index is 2.09. The molecular formula is C16H20N4O2. The Morgan fingerprint density at radius 1 is 1.32 bits per heavy atom. The molecule has 2 aromatic rings. The van der Waals surface area contributed by atoms with Crippen molar-refractivity contribution >= 4 is 11.7 Å². The van der Waals surface area contributed by atoms with Crippen LogP contribution in [0.25, 0.3) is 0 Å². The molecular weight excluding hydrogens is 280 g/mol. The number of rotatable bonds is 2. The van der Waals surface area contributed by atoms with Crippen LogP contribution in [0.1, 0.15) is 49.9 Å². The summed E-state index contributed by atoms with van der Waals surface area (Å²) in [5.41, 5.74) is 3.01. The molecule has 22 heavy (non-hydrogen) atoms.